The SMILES string of the molecule is Cc1noc([C@H]2C[C@@H]3CCN(C(=O)c4ccccn4)C[C@H]3O2)n1.O=C(O)C(F)(F)F. The van der Waals surface area contributed by atoms with Crippen molar-refractivity contribution in [2.75, 3.05) is 13.1 Å². The highest BCUT2D eigenvalue weighted by Gasteiger charge is 2.43. The zero-order valence-electron chi connectivity index (χ0n) is 15.9. The van der Waals surface area contributed by atoms with Gasteiger partial charge < -0.3 is 19.3 Å². The lowest BCUT2D eigenvalue weighted by atomic mass is 9.91. The van der Waals surface area contributed by atoms with Crippen LogP contribution in [0, 0.1) is 12.8 Å². The second kappa shape index (κ2) is 8.78. The molecule has 2 aromatic rings. The van der Waals surface area contributed by atoms with Crippen molar-refractivity contribution in [2.24, 2.45) is 5.92 Å². The van der Waals surface area contributed by atoms with E-state index >= 15 is 0 Å². The predicted molar refractivity (Wildman–Crippen MR) is 93.2 cm³/mol. The molecule has 1 amide bonds. The van der Waals surface area contributed by atoms with E-state index in [1.54, 1.807) is 25.3 Å². The first-order valence-electron chi connectivity index (χ1n) is 9.11. The molecule has 0 aromatic carbocycles. The number of carboxylic acid groups (broad SMARTS) is 1. The second-order valence-corrected chi connectivity index (χ2v) is 6.90. The standard InChI is InChI=1S/C16H18N4O3.C2HF3O2/c1-10-18-15(23-19-10)13-8-11-5-7-20(9-14(11)22-13)16(21)12-4-2-3-6-17-12;3-2(4,5)1(6)7/h2-4,6,11,13-14H,5,7-9H2,1H3;(H,6,7)/t11-,13+,14+;/m0./s1. The van der Waals surface area contributed by atoms with E-state index in [9.17, 15) is 18.0 Å². The molecule has 1 N–H and O–H groups in total. The highest BCUT2D eigenvalue weighted by molar-refractivity contribution is 5.92. The number of pyridine rings is 1. The number of aryl methyl sites for hydroxylation is 1. The molecule has 0 bridgehead atoms. The molecular weight excluding hydrogens is 409 g/mol. The Labute approximate surface area is 168 Å². The number of nitrogens with zero attached hydrogens (tertiary/aromatic N) is 4. The van der Waals surface area contributed by atoms with Crippen LogP contribution < -0.4 is 0 Å². The normalized spacial score (nSPS) is 23.3. The third-order valence-electron chi connectivity index (χ3n) is 4.78. The quantitative estimate of drug-likeness (QED) is 0.775. The molecule has 12 heteroatoms. The fourth-order valence-corrected chi connectivity index (χ4v) is 3.37. The number of aromatic nitrogens is 3. The third-order valence-corrected chi connectivity index (χ3v) is 4.78. The van der Waals surface area contributed by atoms with Gasteiger partial charge in [0.2, 0.25) is 0 Å². The van der Waals surface area contributed by atoms with Gasteiger partial charge in [0, 0.05) is 19.3 Å². The molecule has 0 saturated carbocycles. The first kappa shape index (κ1) is 21.7. The van der Waals surface area contributed by atoms with Crippen molar-refractivity contribution >= 4 is 11.9 Å². The van der Waals surface area contributed by atoms with E-state index in [0.717, 1.165) is 19.4 Å². The topological polar surface area (TPSA) is 119 Å². The predicted octanol–water partition coefficient (Wildman–Crippen LogP) is 2.40. The molecule has 2 aliphatic heterocycles. The van der Waals surface area contributed by atoms with E-state index in [-0.39, 0.29) is 18.1 Å². The van der Waals surface area contributed by atoms with Crippen LogP contribution >= 0.6 is 0 Å². The monoisotopic (exact) mass is 428 g/mol. The molecule has 3 atom stereocenters. The number of fused-ring (bicyclic) bond motifs is 1. The van der Waals surface area contributed by atoms with Crippen molar-refractivity contribution in [1.82, 2.24) is 20.0 Å². The van der Waals surface area contributed by atoms with Gasteiger partial charge in [-0.05, 0) is 37.8 Å². The number of piperidine rings is 1. The molecule has 162 valence electrons. The summed E-state index contributed by atoms with van der Waals surface area (Å²) in [7, 11) is 0. The summed E-state index contributed by atoms with van der Waals surface area (Å²) < 4.78 is 43.0. The van der Waals surface area contributed by atoms with Gasteiger partial charge in [0.05, 0.1) is 6.10 Å². The lowest BCUT2D eigenvalue weighted by molar-refractivity contribution is -0.192. The van der Waals surface area contributed by atoms with Gasteiger partial charge in [-0.2, -0.15) is 18.2 Å². The minimum atomic E-state index is -5.08. The molecule has 4 rings (SSSR count). The molecular formula is C18H19F3N4O5. The number of hydrogen-bond acceptors (Lipinski definition) is 7. The summed E-state index contributed by atoms with van der Waals surface area (Å²) in [5.74, 6) is -1.21. The van der Waals surface area contributed by atoms with Crippen molar-refractivity contribution in [3.8, 4) is 0 Å². The largest absolute Gasteiger partial charge is 0.490 e. The number of likely N-dealkylation sites (tertiary alicyclic amines) is 1. The van der Waals surface area contributed by atoms with Gasteiger partial charge in [0.1, 0.15) is 11.8 Å². The van der Waals surface area contributed by atoms with E-state index < -0.39 is 12.1 Å². The zero-order valence-corrected chi connectivity index (χ0v) is 15.9. The van der Waals surface area contributed by atoms with Crippen molar-refractivity contribution in [1.29, 1.82) is 0 Å². The summed E-state index contributed by atoms with van der Waals surface area (Å²) in [6.45, 7) is 3.11. The van der Waals surface area contributed by atoms with E-state index in [2.05, 4.69) is 15.1 Å². The summed E-state index contributed by atoms with van der Waals surface area (Å²) in [4.78, 5) is 31.6. The molecule has 0 spiro atoms. The fraction of sp³-hybridized carbons (Fsp3) is 0.500. The summed E-state index contributed by atoms with van der Waals surface area (Å²) in [5, 5.41) is 10.9. The van der Waals surface area contributed by atoms with Crippen LogP contribution in [0.15, 0.2) is 28.9 Å². The molecule has 2 fully saturated rings. The van der Waals surface area contributed by atoms with E-state index in [1.807, 2.05) is 11.0 Å². The Morgan fingerprint density at radius 3 is 2.60 bits per heavy atom. The van der Waals surface area contributed by atoms with Crippen LogP contribution in [-0.4, -0.2) is 62.4 Å². The molecule has 0 radical (unpaired) electrons. The van der Waals surface area contributed by atoms with E-state index in [4.69, 9.17) is 19.2 Å². The van der Waals surface area contributed by atoms with Gasteiger partial charge in [-0.1, -0.05) is 11.2 Å². The zero-order chi connectivity index (χ0) is 21.9. The van der Waals surface area contributed by atoms with Crippen LogP contribution in [0.1, 0.15) is 41.1 Å². The maximum atomic E-state index is 12.5. The highest BCUT2D eigenvalue weighted by Crippen LogP contribution is 2.40. The highest BCUT2D eigenvalue weighted by atomic mass is 19.4. The third kappa shape index (κ3) is 5.12. The van der Waals surface area contributed by atoms with Crippen molar-refractivity contribution in [2.45, 2.75) is 38.1 Å². The number of amides is 1. The van der Waals surface area contributed by atoms with Crippen molar-refractivity contribution in [3.05, 3.63) is 41.8 Å². The van der Waals surface area contributed by atoms with Crippen LogP contribution in [0.4, 0.5) is 13.2 Å². The maximum Gasteiger partial charge on any atom is 0.490 e. The summed E-state index contributed by atoms with van der Waals surface area (Å²) >= 11 is 0. The summed E-state index contributed by atoms with van der Waals surface area (Å²) in [6, 6.07) is 5.38. The number of carboxylic acids is 1. The average molecular weight is 428 g/mol. The van der Waals surface area contributed by atoms with Gasteiger partial charge in [-0.3, -0.25) is 9.78 Å². The summed E-state index contributed by atoms with van der Waals surface area (Å²) in [6.07, 6.45) is -1.78. The van der Waals surface area contributed by atoms with Crippen LogP contribution in [0.5, 0.6) is 0 Å². The molecule has 2 aromatic heterocycles. The lowest BCUT2D eigenvalue weighted by Gasteiger charge is -2.33. The Balaban J connectivity index is 0.000000318. The smallest absolute Gasteiger partial charge is 0.475 e. The number of alkyl halides is 3. The number of carbonyl (C=O) groups is 2. The second-order valence-electron chi connectivity index (χ2n) is 6.90. The number of carbonyl (C=O) groups excluding carboxylic acids is 1. The lowest BCUT2D eigenvalue weighted by Crippen LogP contribution is -2.45. The molecule has 0 unspecified atom stereocenters. The van der Waals surface area contributed by atoms with E-state index in [1.165, 1.54) is 0 Å². The average Bonchev–Trinajstić information content (AvgIpc) is 3.33. The maximum absolute atomic E-state index is 12.5. The van der Waals surface area contributed by atoms with Crippen molar-refractivity contribution < 1.29 is 37.1 Å². The van der Waals surface area contributed by atoms with Gasteiger partial charge in [0.25, 0.3) is 11.8 Å². The molecule has 4 heterocycles. The van der Waals surface area contributed by atoms with Crippen LogP contribution in [0.3, 0.4) is 0 Å². The van der Waals surface area contributed by atoms with Crippen LogP contribution in [0.25, 0.3) is 0 Å². The molecule has 2 aliphatic rings. The Morgan fingerprint density at radius 2 is 2.03 bits per heavy atom. The first-order valence-corrected chi connectivity index (χ1v) is 9.11. The number of ether oxygens (including phenoxy) is 1. The molecule has 0 aliphatic carbocycles. The minimum absolute atomic E-state index is 0.0219. The first-order chi connectivity index (χ1) is 14.1. The number of hydrogen-bond donors (Lipinski definition) is 1. The minimum Gasteiger partial charge on any atom is -0.475 e. The van der Waals surface area contributed by atoms with E-state index in [0.29, 0.717) is 29.9 Å². The summed E-state index contributed by atoms with van der Waals surface area (Å²) in [5.41, 5.74) is 0.480. The Hall–Kier alpha value is -3.02. The van der Waals surface area contributed by atoms with Gasteiger partial charge in [-0.15, -0.1) is 0 Å². The van der Waals surface area contributed by atoms with Crippen molar-refractivity contribution in [3.63, 3.8) is 0 Å². The molecule has 2 saturated heterocycles. The molecule has 30 heavy (non-hydrogen) atoms. The number of rotatable bonds is 2. The molecule has 9 nitrogen and oxygen atoms in total. The fourth-order valence-electron chi connectivity index (χ4n) is 3.37. The number of halogens is 3. The Bertz CT molecular complexity index is 889. The van der Waals surface area contributed by atoms with Crippen LogP contribution in [-0.2, 0) is 9.53 Å². The van der Waals surface area contributed by atoms with Crippen LogP contribution in [0.2, 0.25) is 0 Å². The van der Waals surface area contributed by atoms with Gasteiger partial charge in [0.15, 0.2) is 5.82 Å². The van der Waals surface area contributed by atoms with Gasteiger partial charge >= 0.3 is 12.1 Å². The van der Waals surface area contributed by atoms with Gasteiger partial charge in [-0.25, -0.2) is 4.79 Å². The Morgan fingerprint density at radius 1 is 1.30 bits per heavy atom. The Kier molecular flexibility index (Phi) is 6.34. The number of aliphatic carboxylic acids is 1.